The zero-order valence-electron chi connectivity index (χ0n) is 22.4. The minimum atomic E-state index is 0.369. The predicted molar refractivity (Wildman–Crippen MR) is 175 cm³/mol. The van der Waals surface area contributed by atoms with Crippen LogP contribution in [-0.2, 0) is 6.42 Å². The van der Waals surface area contributed by atoms with Crippen molar-refractivity contribution in [2.24, 2.45) is 5.92 Å². The van der Waals surface area contributed by atoms with E-state index in [4.69, 9.17) is 46.4 Å². The number of fused-ring (bicyclic) bond motifs is 2. The van der Waals surface area contributed by atoms with Gasteiger partial charge in [-0.25, -0.2) is 0 Å². The lowest BCUT2D eigenvalue weighted by Gasteiger charge is -2.27. The normalized spacial score (nSPS) is 20.8. The Morgan fingerprint density at radius 1 is 0.615 bits per heavy atom. The average Bonchev–Trinajstić information content (AvgIpc) is 3.37. The fourth-order valence-corrected chi connectivity index (χ4v) is 6.46. The summed E-state index contributed by atoms with van der Waals surface area (Å²) < 4.78 is 0.830. The third kappa shape index (κ3) is 6.63. The van der Waals surface area contributed by atoms with E-state index in [1.165, 1.54) is 17.7 Å². The van der Waals surface area contributed by atoms with Gasteiger partial charge >= 0.3 is 0 Å². The number of benzene rings is 4. The van der Waals surface area contributed by atoms with E-state index in [9.17, 15) is 0 Å². The van der Waals surface area contributed by atoms with Gasteiger partial charge in [0.15, 0.2) is 0 Å². The maximum atomic E-state index is 6.38. The molecule has 6 rings (SSSR count). The van der Waals surface area contributed by atoms with Gasteiger partial charge in [0.2, 0.25) is 0 Å². The molecule has 1 nitrogen and oxygen atoms in total. The number of hydrogen-bond donors (Lipinski definition) is 0. The smallest absolute Gasteiger partial charge is 0.0829 e. The molecule has 0 bridgehead atoms. The highest BCUT2D eigenvalue weighted by Crippen LogP contribution is 2.47. The molecule has 1 heterocycles. The van der Waals surface area contributed by atoms with Crippen molar-refractivity contribution in [3.63, 3.8) is 0 Å². The third-order valence-corrected chi connectivity index (χ3v) is 10.4. The van der Waals surface area contributed by atoms with E-state index in [2.05, 4.69) is 97.1 Å². The monoisotopic (exact) mass is 661 g/mol. The SMILES string of the molecule is CC1Cc2ccccc2C1C.CC1c2ccccc2N(c2cccc(Cl)c2Cl)C1C.Clc1cccc(Br)c1Cl. The standard InChI is InChI=1S/C16H15Cl2N.C11H14.C6H3BrCl2/c1-10-11(2)19(14-8-4-3-6-12(10)14)15-9-5-7-13(17)16(15)18;1-8-7-10-5-3-4-6-11(10)9(8)2;7-4-2-1-3-5(8)6(4)9/h3-11H,1-2H3;3-6,8-9H,7H2,1-2H3;1-3H. The Morgan fingerprint density at radius 3 is 1.82 bits per heavy atom. The molecule has 4 unspecified atom stereocenters. The first-order valence-corrected chi connectivity index (χ1v) is 15.4. The van der Waals surface area contributed by atoms with E-state index >= 15 is 0 Å². The second kappa shape index (κ2) is 13.3. The van der Waals surface area contributed by atoms with Crippen molar-refractivity contribution in [2.75, 3.05) is 4.90 Å². The van der Waals surface area contributed by atoms with Crippen LogP contribution in [-0.4, -0.2) is 6.04 Å². The quantitative estimate of drug-likeness (QED) is 0.183. The molecule has 39 heavy (non-hydrogen) atoms. The Balaban J connectivity index is 0.000000149. The molecule has 0 saturated heterocycles. The molecule has 2 aliphatic rings. The average molecular weight is 664 g/mol. The Hall–Kier alpha value is -1.68. The fraction of sp³-hybridized carbons (Fsp3) is 0.273. The van der Waals surface area contributed by atoms with E-state index in [0.717, 1.165) is 22.0 Å². The van der Waals surface area contributed by atoms with Crippen molar-refractivity contribution >= 4 is 73.7 Å². The number of nitrogens with zero attached hydrogens (tertiary/aromatic N) is 1. The van der Waals surface area contributed by atoms with Crippen LogP contribution in [0, 0.1) is 5.92 Å². The van der Waals surface area contributed by atoms with E-state index in [1.54, 1.807) is 17.2 Å². The summed E-state index contributed by atoms with van der Waals surface area (Å²) in [6, 6.07) is 28.9. The molecule has 1 aliphatic carbocycles. The molecule has 0 radical (unpaired) electrons. The lowest BCUT2D eigenvalue weighted by molar-refractivity contribution is 0.532. The Labute approximate surface area is 261 Å². The number of hydrogen-bond acceptors (Lipinski definition) is 1. The number of anilines is 2. The van der Waals surface area contributed by atoms with Gasteiger partial charge in [-0.05, 0) is 88.1 Å². The van der Waals surface area contributed by atoms with Gasteiger partial charge in [-0.3, -0.25) is 0 Å². The zero-order valence-corrected chi connectivity index (χ0v) is 27.0. The third-order valence-electron chi connectivity index (χ3n) is 7.85. The van der Waals surface area contributed by atoms with Crippen LogP contribution in [0.4, 0.5) is 11.4 Å². The highest BCUT2D eigenvalue weighted by atomic mass is 79.9. The topological polar surface area (TPSA) is 3.24 Å². The molecule has 4 atom stereocenters. The summed E-state index contributed by atoms with van der Waals surface area (Å²) in [6.07, 6.45) is 1.28. The van der Waals surface area contributed by atoms with Crippen molar-refractivity contribution in [1.82, 2.24) is 0 Å². The molecule has 0 fully saturated rings. The van der Waals surface area contributed by atoms with Crippen LogP contribution in [0.5, 0.6) is 0 Å². The summed E-state index contributed by atoms with van der Waals surface area (Å²) in [7, 11) is 0. The van der Waals surface area contributed by atoms with E-state index in [0.29, 0.717) is 32.1 Å². The summed E-state index contributed by atoms with van der Waals surface area (Å²) in [6.45, 7) is 9.14. The lowest BCUT2D eigenvalue weighted by Crippen LogP contribution is -2.26. The largest absolute Gasteiger partial charge is 0.337 e. The van der Waals surface area contributed by atoms with Gasteiger partial charge < -0.3 is 4.90 Å². The van der Waals surface area contributed by atoms with Crippen molar-refractivity contribution < 1.29 is 0 Å². The molecule has 4 aromatic carbocycles. The fourth-order valence-electron chi connectivity index (χ4n) is 5.29. The first-order valence-electron chi connectivity index (χ1n) is 13.1. The maximum Gasteiger partial charge on any atom is 0.0829 e. The maximum absolute atomic E-state index is 6.38. The van der Waals surface area contributed by atoms with Gasteiger partial charge in [0, 0.05) is 22.1 Å². The summed E-state index contributed by atoms with van der Waals surface area (Å²) >= 11 is 27.1. The van der Waals surface area contributed by atoms with Crippen LogP contribution in [0.15, 0.2) is 89.4 Å². The van der Waals surface area contributed by atoms with Crippen LogP contribution in [0.25, 0.3) is 0 Å². The molecule has 0 N–H and O–H groups in total. The summed E-state index contributed by atoms with van der Waals surface area (Å²) in [5.41, 5.74) is 6.71. The molecule has 0 saturated carbocycles. The van der Waals surface area contributed by atoms with E-state index in [1.807, 2.05) is 30.3 Å². The van der Waals surface area contributed by atoms with E-state index in [-0.39, 0.29) is 0 Å². The first kappa shape index (κ1) is 30.3. The summed E-state index contributed by atoms with van der Waals surface area (Å²) in [5.74, 6) is 2.09. The van der Waals surface area contributed by atoms with E-state index < -0.39 is 0 Å². The molecule has 1 aliphatic heterocycles. The van der Waals surface area contributed by atoms with Crippen LogP contribution in [0.3, 0.4) is 0 Å². The van der Waals surface area contributed by atoms with Crippen LogP contribution in [0.1, 0.15) is 56.2 Å². The Bertz CT molecular complexity index is 1420. The van der Waals surface area contributed by atoms with Crippen molar-refractivity contribution in [3.8, 4) is 0 Å². The van der Waals surface area contributed by atoms with Gasteiger partial charge in [0.05, 0.1) is 25.8 Å². The second-order valence-electron chi connectivity index (χ2n) is 10.2. The Morgan fingerprint density at radius 2 is 1.18 bits per heavy atom. The number of rotatable bonds is 1. The molecule has 0 amide bonds. The molecule has 204 valence electrons. The van der Waals surface area contributed by atoms with Crippen molar-refractivity contribution in [1.29, 1.82) is 0 Å². The van der Waals surface area contributed by atoms with Crippen LogP contribution < -0.4 is 4.90 Å². The first-order chi connectivity index (χ1) is 18.6. The van der Waals surface area contributed by atoms with Crippen LogP contribution >= 0.6 is 62.3 Å². The van der Waals surface area contributed by atoms with Gasteiger partial charge in [0.25, 0.3) is 0 Å². The summed E-state index contributed by atoms with van der Waals surface area (Å²) in [4.78, 5) is 2.29. The minimum Gasteiger partial charge on any atom is -0.337 e. The molecule has 6 heteroatoms. The molecule has 0 aromatic heterocycles. The van der Waals surface area contributed by atoms with Crippen LogP contribution in [0.2, 0.25) is 20.1 Å². The minimum absolute atomic E-state index is 0.369. The number of para-hydroxylation sites is 1. The van der Waals surface area contributed by atoms with Gasteiger partial charge in [0.1, 0.15) is 0 Å². The highest BCUT2D eigenvalue weighted by molar-refractivity contribution is 9.10. The predicted octanol–water partition coefficient (Wildman–Crippen LogP) is 12.4. The lowest BCUT2D eigenvalue weighted by atomic mass is 9.97. The molecule has 0 spiro atoms. The second-order valence-corrected chi connectivity index (χ2v) is 12.7. The summed E-state index contributed by atoms with van der Waals surface area (Å²) in [5, 5.41) is 2.37. The van der Waals surface area contributed by atoms with Crippen molar-refractivity contribution in [2.45, 2.75) is 52.0 Å². The zero-order chi connectivity index (χ0) is 28.3. The molecular weight excluding hydrogens is 632 g/mol. The van der Waals surface area contributed by atoms with Gasteiger partial charge in [-0.15, -0.1) is 0 Å². The number of halogens is 5. The molecule has 4 aromatic rings. The van der Waals surface area contributed by atoms with Gasteiger partial charge in [-0.1, -0.05) is 122 Å². The highest BCUT2D eigenvalue weighted by Gasteiger charge is 2.34. The van der Waals surface area contributed by atoms with Gasteiger partial charge in [-0.2, -0.15) is 0 Å². The molecular formula is C33H32BrCl4N. The van der Waals surface area contributed by atoms with Crippen molar-refractivity contribution in [3.05, 3.63) is 126 Å². The Kier molecular flexibility index (Phi) is 10.3.